The molecule has 30 heavy (non-hydrogen) atoms. The minimum Gasteiger partial charge on any atom is -0.461 e. The first-order valence-electron chi connectivity index (χ1n) is 10.5. The van der Waals surface area contributed by atoms with Gasteiger partial charge in [0.2, 0.25) is 0 Å². The third kappa shape index (κ3) is 5.95. The number of carbonyl (C=O) groups excluding carboxylic acids is 1. The Kier molecular flexibility index (Phi) is 7.58. The standard InChI is InChI=1S/C23H34BrN3O3/c1-14(2)29-21(28)20(30-22(4,5)6)17-15(3)26-16(13-25)18(24)19(17)27-11-9-23(7,8)10-12-27/h14,20H,9-12H2,1-8H3/t20-/m0/s1. The summed E-state index contributed by atoms with van der Waals surface area (Å²) >= 11 is 3.60. The summed E-state index contributed by atoms with van der Waals surface area (Å²) in [5.74, 6) is -0.444. The summed E-state index contributed by atoms with van der Waals surface area (Å²) in [5, 5.41) is 9.61. The molecular weight excluding hydrogens is 446 g/mol. The summed E-state index contributed by atoms with van der Waals surface area (Å²) in [6.45, 7) is 17.4. The van der Waals surface area contributed by atoms with Gasteiger partial charge in [-0.25, -0.2) is 9.78 Å². The van der Waals surface area contributed by atoms with Crippen molar-refractivity contribution in [2.45, 2.75) is 86.0 Å². The van der Waals surface area contributed by atoms with Crippen LogP contribution in [0.3, 0.4) is 0 Å². The first-order valence-corrected chi connectivity index (χ1v) is 11.3. The number of nitrogens with zero attached hydrogens (tertiary/aromatic N) is 3. The molecule has 0 amide bonds. The van der Waals surface area contributed by atoms with Crippen LogP contribution < -0.4 is 4.90 Å². The van der Waals surface area contributed by atoms with Gasteiger partial charge in [0.25, 0.3) is 0 Å². The summed E-state index contributed by atoms with van der Waals surface area (Å²) in [7, 11) is 0. The highest BCUT2D eigenvalue weighted by Crippen LogP contribution is 2.43. The molecule has 0 unspecified atom stereocenters. The molecule has 1 aromatic heterocycles. The van der Waals surface area contributed by atoms with Gasteiger partial charge in [0, 0.05) is 24.3 Å². The van der Waals surface area contributed by atoms with E-state index in [-0.39, 0.29) is 11.5 Å². The van der Waals surface area contributed by atoms with Gasteiger partial charge >= 0.3 is 5.97 Å². The van der Waals surface area contributed by atoms with Gasteiger partial charge in [-0.1, -0.05) is 13.8 Å². The van der Waals surface area contributed by atoms with E-state index >= 15 is 0 Å². The summed E-state index contributed by atoms with van der Waals surface area (Å²) in [6.07, 6.45) is 0.832. The Labute approximate surface area is 189 Å². The molecule has 1 aliphatic rings. The predicted octanol–water partition coefficient (Wildman–Crippen LogP) is 5.46. The van der Waals surface area contributed by atoms with Gasteiger partial charge in [-0.15, -0.1) is 0 Å². The fourth-order valence-corrected chi connectivity index (χ4v) is 4.23. The number of nitriles is 1. The van der Waals surface area contributed by atoms with Crippen molar-refractivity contribution in [2.75, 3.05) is 18.0 Å². The first-order chi connectivity index (χ1) is 13.8. The van der Waals surface area contributed by atoms with E-state index < -0.39 is 17.7 Å². The molecule has 0 bridgehead atoms. The van der Waals surface area contributed by atoms with E-state index in [1.54, 1.807) is 0 Å². The van der Waals surface area contributed by atoms with Crippen LogP contribution in [-0.4, -0.2) is 35.7 Å². The second-order valence-corrected chi connectivity index (χ2v) is 10.8. The van der Waals surface area contributed by atoms with Gasteiger partial charge < -0.3 is 14.4 Å². The van der Waals surface area contributed by atoms with Crippen molar-refractivity contribution in [1.29, 1.82) is 5.26 Å². The van der Waals surface area contributed by atoms with Gasteiger partial charge in [0.05, 0.1) is 21.9 Å². The van der Waals surface area contributed by atoms with Crippen molar-refractivity contribution in [2.24, 2.45) is 5.41 Å². The number of piperidine rings is 1. The summed E-state index contributed by atoms with van der Waals surface area (Å²) in [6, 6.07) is 2.17. The molecule has 0 aliphatic carbocycles. The van der Waals surface area contributed by atoms with Crippen molar-refractivity contribution >= 4 is 27.6 Å². The molecule has 0 radical (unpaired) electrons. The van der Waals surface area contributed by atoms with E-state index in [0.29, 0.717) is 21.4 Å². The third-order valence-electron chi connectivity index (χ3n) is 5.18. The molecule has 0 N–H and O–H groups in total. The minimum atomic E-state index is -0.936. The number of hydrogen-bond donors (Lipinski definition) is 0. The van der Waals surface area contributed by atoms with E-state index in [1.165, 1.54) is 0 Å². The Bertz CT molecular complexity index is 828. The van der Waals surface area contributed by atoms with Crippen LogP contribution in [0.15, 0.2) is 4.47 Å². The second-order valence-electron chi connectivity index (χ2n) is 9.98. The molecule has 2 heterocycles. The lowest BCUT2D eigenvalue weighted by molar-refractivity contribution is -0.171. The minimum absolute atomic E-state index is 0.265. The lowest BCUT2D eigenvalue weighted by Crippen LogP contribution is -2.39. The SMILES string of the molecule is Cc1nc(C#N)c(Br)c(N2CCC(C)(C)CC2)c1[C@H](OC(C)(C)C)C(=O)OC(C)C. The topological polar surface area (TPSA) is 75.5 Å². The highest BCUT2D eigenvalue weighted by Gasteiger charge is 2.37. The molecule has 2 rings (SSSR count). The first kappa shape index (κ1) is 24.6. The van der Waals surface area contributed by atoms with E-state index in [0.717, 1.165) is 31.6 Å². The summed E-state index contributed by atoms with van der Waals surface area (Å²) in [5.41, 5.74) is 2.08. The summed E-state index contributed by atoms with van der Waals surface area (Å²) < 4.78 is 12.4. The molecule has 1 saturated heterocycles. The van der Waals surface area contributed by atoms with Gasteiger partial charge in [-0.05, 0) is 75.7 Å². The van der Waals surface area contributed by atoms with Crippen molar-refractivity contribution < 1.29 is 14.3 Å². The summed E-state index contributed by atoms with van der Waals surface area (Å²) in [4.78, 5) is 19.8. The maximum atomic E-state index is 13.1. The van der Waals surface area contributed by atoms with Crippen molar-refractivity contribution in [3.8, 4) is 6.07 Å². The number of halogens is 1. The van der Waals surface area contributed by atoms with Crippen LogP contribution in [0.25, 0.3) is 0 Å². The maximum absolute atomic E-state index is 13.1. The zero-order chi connectivity index (χ0) is 22.9. The van der Waals surface area contributed by atoms with Crippen molar-refractivity contribution in [1.82, 2.24) is 4.98 Å². The Morgan fingerprint density at radius 3 is 2.30 bits per heavy atom. The van der Waals surface area contributed by atoms with Crippen LogP contribution in [0.5, 0.6) is 0 Å². The zero-order valence-electron chi connectivity index (χ0n) is 19.4. The smallest absolute Gasteiger partial charge is 0.340 e. The Morgan fingerprint density at radius 2 is 1.83 bits per heavy atom. The van der Waals surface area contributed by atoms with Crippen LogP contribution in [0.4, 0.5) is 5.69 Å². The number of anilines is 1. The van der Waals surface area contributed by atoms with E-state index in [9.17, 15) is 10.1 Å². The molecule has 0 aromatic carbocycles. The largest absolute Gasteiger partial charge is 0.461 e. The molecule has 1 aromatic rings. The average molecular weight is 480 g/mol. The Hall–Kier alpha value is -1.65. The van der Waals surface area contributed by atoms with Crippen LogP contribution in [-0.2, 0) is 14.3 Å². The molecule has 1 aliphatic heterocycles. The normalized spacial score (nSPS) is 17.6. The average Bonchev–Trinajstić information content (AvgIpc) is 2.60. The monoisotopic (exact) mass is 479 g/mol. The van der Waals surface area contributed by atoms with Gasteiger partial charge in [-0.3, -0.25) is 0 Å². The number of carbonyl (C=O) groups is 1. The maximum Gasteiger partial charge on any atom is 0.340 e. The quantitative estimate of drug-likeness (QED) is 0.521. The van der Waals surface area contributed by atoms with Gasteiger partial charge in [-0.2, -0.15) is 5.26 Å². The molecule has 7 heteroatoms. The highest BCUT2D eigenvalue weighted by molar-refractivity contribution is 9.10. The zero-order valence-corrected chi connectivity index (χ0v) is 21.0. The number of pyridine rings is 1. The number of hydrogen-bond acceptors (Lipinski definition) is 6. The van der Waals surface area contributed by atoms with Crippen LogP contribution >= 0.6 is 15.9 Å². The van der Waals surface area contributed by atoms with E-state index in [4.69, 9.17) is 9.47 Å². The number of aryl methyl sites for hydroxylation is 1. The van der Waals surface area contributed by atoms with E-state index in [1.807, 2.05) is 41.5 Å². The van der Waals surface area contributed by atoms with Gasteiger partial charge in [0.15, 0.2) is 11.8 Å². The third-order valence-corrected chi connectivity index (χ3v) is 5.93. The molecule has 1 fully saturated rings. The number of rotatable bonds is 5. The molecular formula is C23H34BrN3O3. The molecule has 0 saturated carbocycles. The highest BCUT2D eigenvalue weighted by atomic mass is 79.9. The van der Waals surface area contributed by atoms with Crippen LogP contribution in [0, 0.1) is 23.7 Å². The fraction of sp³-hybridized carbons (Fsp3) is 0.696. The van der Waals surface area contributed by atoms with E-state index in [2.05, 4.69) is 45.7 Å². The number of aromatic nitrogens is 1. The number of ether oxygens (including phenoxy) is 2. The van der Waals surface area contributed by atoms with Crippen LogP contribution in [0.1, 0.15) is 84.4 Å². The lowest BCUT2D eigenvalue weighted by atomic mass is 9.82. The van der Waals surface area contributed by atoms with Crippen molar-refractivity contribution in [3.05, 3.63) is 21.4 Å². The van der Waals surface area contributed by atoms with Gasteiger partial charge in [0.1, 0.15) is 6.07 Å². The second kappa shape index (κ2) is 9.23. The van der Waals surface area contributed by atoms with Crippen molar-refractivity contribution in [3.63, 3.8) is 0 Å². The Morgan fingerprint density at radius 1 is 1.27 bits per heavy atom. The predicted molar refractivity (Wildman–Crippen MR) is 121 cm³/mol. The molecule has 1 atom stereocenters. The molecule has 0 spiro atoms. The lowest BCUT2D eigenvalue weighted by Gasteiger charge is -2.40. The Balaban J connectivity index is 2.66. The fourth-order valence-electron chi connectivity index (χ4n) is 3.58. The molecule has 166 valence electrons. The molecule has 6 nitrogen and oxygen atoms in total. The van der Waals surface area contributed by atoms with Crippen LogP contribution in [0.2, 0.25) is 0 Å². The number of esters is 1.